The molecular formula is C22H15ClN4O3S. The predicted molar refractivity (Wildman–Crippen MR) is 120 cm³/mol. The van der Waals surface area contributed by atoms with Crippen LogP contribution in [-0.4, -0.2) is 26.8 Å². The van der Waals surface area contributed by atoms with Gasteiger partial charge in [0.15, 0.2) is 0 Å². The highest BCUT2D eigenvalue weighted by atomic mass is 35.5. The highest BCUT2D eigenvalue weighted by molar-refractivity contribution is 7.17. The summed E-state index contributed by atoms with van der Waals surface area (Å²) in [5, 5.41) is 7.16. The number of fused-ring (bicyclic) bond motifs is 1. The minimum atomic E-state index is -0.173. The fourth-order valence-corrected chi connectivity index (χ4v) is 4.36. The van der Waals surface area contributed by atoms with Gasteiger partial charge in [-0.15, -0.1) is 11.3 Å². The van der Waals surface area contributed by atoms with Gasteiger partial charge in [0.25, 0.3) is 5.56 Å². The lowest BCUT2D eigenvalue weighted by molar-refractivity contribution is 0.369. The second kappa shape index (κ2) is 7.98. The van der Waals surface area contributed by atoms with E-state index in [2.05, 4.69) is 15.1 Å². The summed E-state index contributed by atoms with van der Waals surface area (Å²) >= 11 is 7.42. The molecule has 0 aliphatic heterocycles. The molecule has 0 saturated carbocycles. The molecule has 0 amide bonds. The van der Waals surface area contributed by atoms with Crippen molar-refractivity contribution in [2.75, 3.05) is 7.11 Å². The molecule has 0 spiro atoms. The van der Waals surface area contributed by atoms with Crippen LogP contribution in [0.5, 0.6) is 5.75 Å². The van der Waals surface area contributed by atoms with Crippen LogP contribution in [0, 0.1) is 0 Å². The van der Waals surface area contributed by atoms with Crippen LogP contribution in [0.2, 0.25) is 5.02 Å². The molecule has 2 aromatic carbocycles. The lowest BCUT2D eigenvalue weighted by Gasteiger charge is -2.04. The zero-order valence-electron chi connectivity index (χ0n) is 16.3. The van der Waals surface area contributed by atoms with Crippen molar-refractivity contribution in [2.45, 2.75) is 6.54 Å². The number of halogens is 1. The number of thiophene rings is 1. The summed E-state index contributed by atoms with van der Waals surface area (Å²) in [7, 11) is 1.58. The molecule has 7 nitrogen and oxygen atoms in total. The Balaban J connectivity index is 1.51. The largest absolute Gasteiger partial charge is 0.496 e. The maximum atomic E-state index is 13.2. The summed E-state index contributed by atoms with van der Waals surface area (Å²) in [4.78, 5) is 22.8. The number of benzene rings is 2. The number of aromatic nitrogens is 4. The van der Waals surface area contributed by atoms with E-state index in [0.717, 1.165) is 11.1 Å². The van der Waals surface area contributed by atoms with Crippen molar-refractivity contribution in [1.82, 2.24) is 19.7 Å². The van der Waals surface area contributed by atoms with E-state index in [0.29, 0.717) is 38.3 Å². The van der Waals surface area contributed by atoms with E-state index in [4.69, 9.17) is 20.9 Å². The van der Waals surface area contributed by atoms with Gasteiger partial charge < -0.3 is 9.26 Å². The van der Waals surface area contributed by atoms with E-state index in [1.165, 1.54) is 22.2 Å². The molecule has 0 fully saturated rings. The van der Waals surface area contributed by atoms with E-state index >= 15 is 0 Å². The Morgan fingerprint density at radius 3 is 2.74 bits per heavy atom. The van der Waals surface area contributed by atoms with E-state index in [-0.39, 0.29) is 12.1 Å². The van der Waals surface area contributed by atoms with Crippen LogP contribution >= 0.6 is 22.9 Å². The van der Waals surface area contributed by atoms with Gasteiger partial charge in [-0.05, 0) is 29.8 Å². The quantitative estimate of drug-likeness (QED) is 0.379. The summed E-state index contributed by atoms with van der Waals surface area (Å²) in [6, 6.07) is 14.8. The number of methoxy groups -OCH3 is 1. The minimum Gasteiger partial charge on any atom is -0.496 e. The van der Waals surface area contributed by atoms with Gasteiger partial charge in [-0.2, -0.15) is 4.98 Å². The number of rotatable bonds is 5. The lowest BCUT2D eigenvalue weighted by Crippen LogP contribution is -2.21. The van der Waals surface area contributed by atoms with Crippen LogP contribution in [0.4, 0.5) is 0 Å². The third-order valence-electron chi connectivity index (χ3n) is 4.84. The maximum absolute atomic E-state index is 13.2. The topological polar surface area (TPSA) is 83.0 Å². The van der Waals surface area contributed by atoms with Crippen molar-refractivity contribution in [3.8, 4) is 28.3 Å². The van der Waals surface area contributed by atoms with Crippen LogP contribution in [0.1, 0.15) is 5.89 Å². The number of hydrogen-bond acceptors (Lipinski definition) is 7. The van der Waals surface area contributed by atoms with Crippen molar-refractivity contribution in [1.29, 1.82) is 0 Å². The molecule has 154 valence electrons. The van der Waals surface area contributed by atoms with Crippen LogP contribution in [-0.2, 0) is 6.54 Å². The molecule has 0 aliphatic rings. The smallest absolute Gasteiger partial charge is 0.263 e. The fourth-order valence-electron chi connectivity index (χ4n) is 3.33. The van der Waals surface area contributed by atoms with Gasteiger partial charge >= 0.3 is 0 Å². The summed E-state index contributed by atoms with van der Waals surface area (Å²) < 4.78 is 12.2. The molecule has 0 atom stereocenters. The van der Waals surface area contributed by atoms with Gasteiger partial charge in [-0.1, -0.05) is 41.0 Å². The Morgan fingerprint density at radius 1 is 1.13 bits per heavy atom. The van der Waals surface area contributed by atoms with E-state index < -0.39 is 0 Å². The number of para-hydroxylation sites is 1. The van der Waals surface area contributed by atoms with Crippen molar-refractivity contribution in [2.24, 2.45) is 0 Å². The first-order valence-corrected chi connectivity index (χ1v) is 10.6. The molecule has 3 heterocycles. The first kappa shape index (κ1) is 19.5. The van der Waals surface area contributed by atoms with Crippen LogP contribution < -0.4 is 10.3 Å². The zero-order chi connectivity index (χ0) is 21.4. The van der Waals surface area contributed by atoms with Crippen LogP contribution in [0.25, 0.3) is 32.7 Å². The first-order valence-electron chi connectivity index (χ1n) is 9.32. The van der Waals surface area contributed by atoms with Gasteiger partial charge in [0.2, 0.25) is 11.7 Å². The molecule has 0 bridgehead atoms. The molecule has 0 aliphatic carbocycles. The van der Waals surface area contributed by atoms with E-state index in [9.17, 15) is 4.79 Å². The van der Waals surface area contributed by atoms with Crippen molar-refractivity contribution < 1.29 is 9.26 Å². The average molecular weight is 451 g/mol. The molecule has 3 aromatic heterocycles. The van der Waals surface area contributed by atoms with Crippen LogP contribution in [0.3, 0.4) is 0 Å². The summed E-state index contributed by atoms with van der Waals surface area (Å²) in [5.74, 6) is 1.33. The lowest BCUT2D eigenvalue weighted by atomic mass is 10.1. The Bertz CT molecular complexity index is 1440. The van der Waals surface area contributed by atoms with Crippen molar-refractivity contribution in [3.05, 3.63) is 81.5 Å². The molecule has 0 saturated heterocycles. The number of nitrogens with zero attached hydrogens (tertiary/aromatic N) is 4. The highest BCUT2D eigenvalue weighted by Gasteiger charge is 2.17. The van der Waals surface area contributed by atoms with Gasteiger partial charge in [0, 0.05) is 16.0 Å². The average Bonchev–Trinajstić information content (AvgIpc) is 3.44. The second-order valence-electron chi connectivity index (χ2n) is 6.73. The maximum Gasteiger partial charge on any atom is 0.263 e. The number of hydrogen-bond donors (Lipinski definition) is 0. The Labute approximate surface area is 185 Å². The van der Waals surface area contributed by atoms with Crippen LogP contribution in [0.15, 0.2) is 69.6 Å². The van der Waals surface area contributed by atoms with Crippen molar-refractivity contribution >= 4 is 33.2 Å². The zero-order valence-corrected chi connectivity index (χ0v) is 17.9. The minimum absolute atomic E-state index is 0.111. The molecule has 31 heavy (non-hydrogen) atoms. The normalized spacial score (nSPS) is 11.2. The fraction of sp³-hybridized carbons (Fsp3) is 0.0909. The summed E-state index contributed by atoms with van der Waals surface area (Å²) in [6.45, 7) is 0.111. The SMILES string of the molecule is COc1ccccc1-c1noc(Cn2cnc3scc(-c4ccc(Cl)cc4)c3c2=O)n1. The van der Waals surface area contributed by atoms with Gasteiger partial charge in [-0.3, -0.25) is 9.36 Å². The Morgan fingerprint density at radius 2 is 1.94 bits per heavy atom. The standard InChI is InChI=1S/C22H15ClN4O3S/c1-29-17-5-3-2-4-15(17)20-25-18(30-26-20)10-27-12-24-21-19(22(27)28)16(11-31-21)13-6-8-14(23)9-7-13/h2-9,11-12H,10H2,1H3. The van der Waals surface area contributed by atoms with E-state index in [1.807, 2.05) is 41.8 Å². The van der Waals surface area contributed by atoms with E-state index in [1.54, 1.807) is 19.2 Å². The summed E-state index contributed by atoms with van der Waals surface area (Å²) in [6.07, 6.45) is 1.50. The van der Waals surface area contributed by atoms with Crippen molar-refractivity contribution in [3.63, 3.8) is 0 Å². The predicted octanol–water partition coefficient (Wildman–Crippen LogP) is 4.89. The molecular weight excluding hydrogens is 436 g/mol. The summed E-state index contributed by atoms with van der Waals surface area (Å²) in [5.41, 5.74) is 2.27. The molecule has 0 unspecified atom stereocenters. The molecule has 5 rings (SSSR count). The van der Waals surface area contributed by atoms with Gasteiger partial charge in [0.1, 0.15) is 17.1 Å². The molecule has 0 radical (unpaired) electrons. The first-order chi connectivity index (χ1) is 15.1. The Hall–Kier alpha value is -3.49. The third kappa shape index (κ3) is 3.60. The third-order valence-corrected chi connectivity index (χ3v) is 5.98. The van der Waals surface area contributed by atoms with Gasteiger partial charge in [0.05, 0.1) is 24.4 Å². The number of ether oxygens (including phenoxy) is 1. The Kier molecular flexibility index (Phi) is 5.01. The monoisotopic (exact) mass is 450 g/mol. The second-order valence-corrected chi connectivity index (χ2v) is 8.02. The molecule has 0 N–H and O–H groups in total. The van der Waals surface area contributed by atoms with Gasteiger partial charge in [-0.25, -0.2) is 4.98 Å². The highest BCUT2D eigenvalue weighted by Crippen LogP contribution is 2.31. The molecule has 9 heteroatoms. The molecule has 5 aromatic rings.